The van der Waals surface area contributed by atoms with E-state index in [4.69, 9.17) is 16.3 Å². The van der Waals surface area contributed by atoms with Crippen molar-refractivity contribution in [3.05, 3.63) is 74.9 Å². The largest absolute Gasteiger partial charge is 0.497 e. The van der Waals surface area contributed by atoms with Gasteiger partial charge in [-0.1, -0.05) is 11.6 Å². The van der Waals surface area contributed by atoms with E-state index in [0.717, 1.165) is 0 Å². The number of nitrogens with one attached hydrogen (secondary N) is 1. The van der Waals surface area contributed by atoms with Crippen molar-refractivity contribution in [1.82, 2.24) is 9.78 Å². The Labute approximate surface area is 154 Å². The monoisotopic (exact) mass is 373 g/mol. The van der Waals surface area contributed by atoms with Crippen LogP contribution < -0.4 is 10.3 Å². The van der Waals surface area contributed by atoms with Gasteiger partial charge < -0.3 is 4.74 Å². The SMILES string of the molecule is COc1ccc(-n2[nH]c(C)c(C(C)=Nc3ccc(Cl)c(F)c3)c2=O)cc1. The zero-order valence-corrected chi connectivity index (χ0v) is 15.3. The van der Waals surface area contributed by atoms with Crippen molar-refractivity contribution in [3.63, 3.8) is 0 Å². The molecule has 0 unspecified atom stereocenters. The molecule has 0 fully saturated rings. The second-order valence-electron chi connectivity index (χ2n) is 5.75. The highest BCUT2D eigenvalue weighted by atomic mass is 35.5. The average Bonchev–Trinajstić information content (AvgIpc) is 2.92. The summed E-state index contributed by atoms with van der Waals surface area (Å²) in [7, 11) is 1.58. The molecule has 0 bridgehead atoms. The van der Waals surface area contributed by atoms with Crippen molar-refractivity contribution in [2.24, 2.45) is 4.99 Å². The van der Waals surface area contributed by atoms with Crippen molar-refractivity contribution in [1.29, 1.82) is 0 Å². The van der Waals surface area contributed by atoms with Crippen LogP contribution >= 0.6 is 11.6 Å². The van der Waals surface area contributed by atoms with E-state index in [-0.39, 0.29) is 10.6 Å². The number of nitrogens with zero attached hydrogens (tertiary/aromatic N) is 2. The first-order valence-corrected chi connectivity index (χ1v) is 8.25. The summed E-state index contributed by atoms with van der Waals surface area (Å²) in [5.74, 6) is 0.148. The molecule has 134 valence electrons. The van der Waals surface area contributed by atoms with Crippen molar-refractivity contribution in [3.8, 4) is 11.4 Å². The van der Waals surface area contributed by atoms with Gasteiger partial charge in [0.25, 0.3) is 5.56 Å². The molecule has 3 aromatic rings. The lowest BCUT2D eigenvalue weighted by molar-refractivity contribution is 0.414. The first kappa shape index (κ1) is 17.9. The van der Waals surface area contributed by atoms with Gasteiger partial charge >= 0.3 is 0 Å². The van der Waals surface area contributed by atoms with Gasteiger partial charge in [0.2, 0.25) is 0 Å². The lowest BCUT2D eigenvalue weighted by atomic mass is 10.1. The van der Waals surface area contributed by atoms with Gasteiger partial charge in [0.15, 0.2) is 0 Å². The van der Waals surface area contributed by atoms with Crippen LogP contribution in [0.1, 0.15) is 18.2 Å². The molecule has 0 saturated carbocycles. The second-order valence-corrected chi connectivity index (χ2v) is 6.15. The summed E-state index contributed by atoms with van der Waals surface area (Å²) < 4.78 is 20.2. The van der Waals surface area contributed by atoms with Gasteiger partial charge in [-0.05, 0) is 50.2 Å². The summed E-state index contributed by atoms with van der Waals surface area (Å²) in [5.41, 5.74) is 2.43. The smallest absolute Gasteiger partial charge is 0.280 e. The molecule has 1 heterocycles. The summed E-state index contributed by atoms with van der Waals surface area (Å²) in [6.07, 6.45) is 0. The van der Waals surface area contributed by atoms with Gasteiger partial charge in [-0.2, -0.15) is 0 Å². The molecule has 5 nitrogen and oxygen atoms in total. The van der Waals surface area contributed by atoms with Crippen LogP contribution in [-0.2, 0) is 0 Å². The molecule has 3 rings (SSSR count). The minimum absolute atomic E-state index is 0.0290. The van der Waals surface area contributed by atoms with Gasteiger partial charge in [-0.25, -0.2) is 9.07 Å². The lowest BCUT2D eigenvalue weighted by Crippen LogP contribution is -2.19. The number of hydrogen-bond donors (Lipinski definition) is 1. The number of hydrogen-bond acceptors (Lipinski definition) is 3. The van der Waals surface area contributed by atoms with Crippen molar-refractivity contribution in [2.75, 3.05) is 7.11 Å². The maximum atomic E-state index is 13.6. The van der Waals surface area contributed by atoms with E-state index in [1.165, 1.54) is 16.8 Å². The molecule has 0 aliphatic heterocycles. The molecule has 1 aromatic heterocycles. The normalized spacial score (nSPS) is 11.7. The Bertz CT molecular complexity index is 1040. The maximum Gasteiger partial charge on any atom is 0.280 e. The Morgan fingerprint density at radius 2 is 1.92 bits per heavy atom. The minimum Gasteiger partial charge on any atom is -0.497 e. The highest BCUT2D eigenvalue weighted by Gasteiger charge is 2.15. The van der Waals surface area contributed by atoms with Gasteiger partial charge in [0.1, 0.15) is 11.6 Å². The number of rotatable bonds is 4. The van der Waals surface area contributed by atoms with Crippen LogP contribution in [-0.4, -0.2) is 22.6 Å². The van der Waals surface area contributed by atoms with E-state index in [2.05, 4.69) is 10.1 Å². The van der Waals surface area contributed by atoms with Crippen LogP contribution in [0.2, 0.25) is 5.02 Å². The third-order valence-electron chi connectivity index (χ3n) is 3.96. The van der Waals surface area contributed by atoms with E-state index in [1.54, 1.807) is 51.3 Å². The molecule has 0 aliphatic carbocycles. The molecular weight excluding hydrogens is 357 g/mol. The quantitative estimate of drug-likeness (QED) is 0.688. The summed E-state index contributed by atoms with van der Waals surface area (Å²) in [4.78, 5) is 17.2. The molecule has 0 aliphatic rings. The van der Waals surface area contributed by atoms with Crippen LogP contribution in [0.3, 0.4) is 0 Å². The topological polar surface area (TPSA) is 59.4 Å². The molecular formula is C19H17ClFN3O2. The number of halogens is 2. The number of aliphatic imine (C=N–C) groups is 1. The molecule has 0 saturated heterocycles. The standard InChI is InChI=1S/C19H17ClFN3O2/c1-11(22-13-4-9-16(20)17(21)10-13)18-12(2)23-24(19(18)25)14-5-7-15(26-3)8-6-14/h4-10,23H,1-3H3. The fourth-order valence-electron chi connectivity index (χ4n) is 2.69. The molecule has 0 atom stereocenters. The molecule has 0 amide bonds. The molecule has 2 aromatic carbocycles. The summed E-state index contributed by atoms with van der Waals surface area (Å²) in [5, 5.41) is 3.07. The van der Waals surface area contributed by atoms with Crippen molar-refractivity contribution >= 4 is 23.0 Å². The molecule has 7 heteroatoms. The van der Waals surface area contributed by atoms with Crippen LogP contribution in [0.5, 0.6) is 5.75 Å². The van der Waals surface area contributed by atoms with E-state index >= 15 is 0 Å². The highest BCUT2D eigenvalue weighted by molar-refractivity contribution is 6.30. The van der Waals surface area contributed by atoms with E-state index in [0.29, 0.717) is 34.1 Å². The van der Waals surface area contributed by atoms with Crippen molar-refractivity contribution < 1.29 is 9.13 Å². The Morgan fingerprint density at radius 1 is 1.23 bits per heavy atom. The zero-order chi connectivity index (χ0) is 18.8. The lowest BCUT2D eigenvalue weighted by Gasteiger charge is -2.03. The fourth-order valence-corrected chi connectivity index (χ4v) is 2.81. The average molecular weight is 374 g/mol. The summed E-state index contributed by atoms with van der Waals surface area (Å²) in [6.45, 7) is 3.50. The summed E-state index contributed by atoms with van der Waals surface area (Å²) >= 11 is 5.69. The number of methoxy groups -OCH3 is 1. The second kappa shape index (κ2) is 7.17. The first-order chi connectivity index (χ1) is 12.4. The molecule has 1 N–H and O–H groups in total. The van der Waals surface area contributed by atoms with Gasteiger partial charge in [0, 0.05) is 11.8 Å². The van der Waals surface area contributed by atoms with Crippen LogP contribution in [0.15, 0.2) is 52.3 Å². The molecule has 26 heavy (non-hydrogen) atoms. The number of aromatic nitrogens is 2. The van der Waals surface area contributed by atoms with E-state index in [9.17, 15) is 9.18 Å². The van der Waals surface area contributed by atoms with Crippen molar-refractivity contribution in [2.45, 2.75) is 13.8 Å². The number of benzene rings is 2. The number of aromatic amines is 1. The molecule has 0 spiro atoms. The minimum atomic E-state index is -0.554. The highest BCUT2D eigenvalue weighted by Crippen LogP contribution is 2.22. The van der Waals surface area contributed by atoms with Crippen LogP contribution in [0.4, 0.5) is 10.1 Å². The number of aryl methyl sites for hydroxylation is 1. The first-order valence-electron chi connectivity index (χ1n) is 7.87. The van der Waals surface area contributed by atoms with Crippen LogP contribution in [0.25, 0.3) is 5.69 Å². The van der Waals surface area contributed by atoms with Gasteiger partial charge in [-0.15, -0.1) is 0 Å². The van der Waals surface area contributed by atoms with E-state index < -0.39 is 5.82 Å². The Hall–Kier alpha value is -2.86. The van der Waals surface area contributed by atoms with E-state index in [1.807, 2.05) is 0 Å². The number of H-pyrrole nitrogens is 1. The van der Waals surface area contributed by atoms with Crippen LogP contribution in [0, 0.1) is 12.7 Å². The maximum absolute atomic E-state index is 13.6. The van der Waals surface area contributed by atoms with Gasteiger partial charge in [0.05, 0.1) is 34.8 Å². The number of ether oxygens (including phenoxy) is 1. The van der Waals surface area contributed by atoms with Gasteiger partial charge in [-0.3, -0.25) is 14.9 Å². The molecule has 0 radical (unpaired) electrons. The predicted molar refractivity (Wildman–Crippen MR) is 101 cm³/mol. The fraction of sp³-hybridized carbons (Fsp3) is 0.158. The summed E-state index contributed by atoms with van der Waals surface area (Å²) in [6, 6.07) is 11.4. The Morgan fingerprint density at radius 3 is 2.54 bits per heavy atom. The zero-order valence-electron chi connectivity index (χ0n) is 14.5. The third-order valence-corrected chi connectivity index (χ3v) is 4.27. The Kier molecular flexibility index (Phi) is 4.95. The Balaban J connectivity index is 2.02. The predicted octanol–water partition coefficient (Wildman–Crippen LogP) is 4.42. The third kappa shape index (κ3) is 3.41.